The molecule has 4 rings (SSSR count). The molecule has 0 aliphatic carbocycles. The van der Waals surface area contributed by atoms with Crippen molar-refractivity contribution < 1.29 is 24.0 Å². The fourth-order valence-electron chi connectivity index (χ4n) is 4.03. The fraction of sp³-hybridized carbons (Fsp3) is 0.304. The van der Waals surface area contributed by atoms with Gasteiger partial charge in [-0.3, -0.25) is 19.7 Å². The van der Waals surface area contributed by atoms with Crippen LogP contribution in [0.25, 0.3) is 6.08 Å². The van der Waals surface area contributed by atoms with Crippen molar-refractivity contribution in [3.8, 4) is 11.5 Å². The third kappa shape index (κ3) is 4.28. The van der Waals surface area contributed by atoms with Gasteiger partial charge in [0.2, 0.25) is 5.91 Å². The van der Waals surface area contributed by atoms with Crippen molar-refractivity contribution in [3.05, 3.63) is 69.8 Å². The van der Waals surface area contributed by atoms with E-state index in [2.05, 4.69) is 0 Å². The second-order valence-corrected chi connectivity index (χ2v) is 7.76. The molecule has 160 valence electrons. The minimum absolute atomic E-state index is 0.0226. The first-order chi connectivity index (χ1) is 14.9. The number of likely N-dealkylation sites (tertiary alicyclic amines) is 1. The van der Waals surface area contributed by atoms with Gasteiger partial charge >= 0.3 is 0 Å². The molecule has 0 saturated carbocycles. The minimum Gasteiger partial charge on any atom is -0.497 e. The van der Waals surface area contributed by atoms with E-state index in [4.69, 9.17) is 9.47 Å². The summed E-state index contributed by atoms with van der Waals surface area (Å²) in [6.45, 7) is 0.926. The molecule has 1 fully saturated rings. The molecular formula is C23H22N2O6. The van der Waals surface area contributed by atoms with Crippen LogP contribution in [0.4, 0.5) is 5.69 Å². The molecule has 31 heavy (non-hydrogen) atoms. The van der Waals surface area contributed by atoms with Crippen LogP contribution in [0, 0.1) is 10.1 Å². The number of nitrogens with zero attached hydrogens (tertiary/aromatic N) is 2. The highest BCUT2D eigenvalue weighted by atomic mass is 16.6. The monoisotopic (exact) mass is 422 g/mol. The number of carbonyl (C=O) groups is 2. The molecule has 0 aromatic heterocycles. The molecule has 1 spiro atoms. The molecule has 1 amide bonds. The molecule has 2 aromatic rings. The third-order valence-electron chi connectivity index (χ3n) is 5.78. The largest absolute Gasteiger partial charge is 0.497 e. The van der Waals surface area contributed by atoms with Crippen molar-refractivity contribution in [3.63, 3.8) is 0 Å². The number of piperidine rings is 1. The summed E-state index contributed by atoms with van der Waals surface area (Å²) in [5.74, 6) is 1.02. The summed E-state index contributed by atoms with van der Waals surface area (Å²) in [5.41, 5.74) is 0.509. The first-order valence-corrected chi connectivity index (χ1v) is 10.0. The summed E-state index contributed by atoms with van der Waals surface area (Å²) in [5, 5.41) is 10.9. The zero-order valence-electron chi connectivity index (χ0n) is 17.1. The molecule has 0 unspecified atom stereocenters. The summed E-state index contributed by atoms with van der Waals surface area (Å²) in [6, 6.07) is 11.3. The van der Waals surface area contributed by atoms with Gasteiger partial charge in [-0.05, 0) is 23.8 Å². The van der Waals surface area contributed by atoms with E-state index >= 15 is 0 Å². The number of fused-ring (bicyclic) bond motifs is 1. The SMILES string of the molecule is COc1ccc2c(c1)OC1(CCN(C(=O)/C=C/c3cccc([N+](=O)[O-])c3)CC1)CC2=O. The summed E-state index contributed by atoms with van der Waals surface area (Å²) < 4.78 is 11.5. The number of rotatable bonds is 4. The number of ketones is 1. The number of Topliss-reactive ketones (excluding diaryl/α,β-unsaturated/α-hetero) is 1. The van der Waals surface area contributed by atoms with Gasteiger partial charge < -0.3 is 14.4 Å². The molecule has 8 nitrogen and oxygen atoms in total. The van der Waals surface area contributed by atoms with Crippen molar-refractivity contribution >= 4 is 23.5 Å². The fourth-order valence-corrected chi connectivity index (χ4v) is 4.03. The topological polar surface area (TPSA) is 99.0 Å². The summed E-state index contributed by atoms with van der Waals surface area (Å²) in [7, 11) is 1.56. The van der Waals surface area contributed by atoms with Gasteiger partial charge in [-0.1, -0.05) is 12.1 Å². The van der Waals surface area contributed by atoms with Crippen molar-refractivity contribution in [2.24, 2.45) is 0 Å². The van der Waals surface area contributed by atoms with E-state index in [1.807, 2.05) is 0 Å². The lowest BCUT2D eigenvalue weighted by atomic mass is 9.82. The maximum Gasteiger partial charge on any atom is 0.270 e. The first-order valence-electron chi connectivity index (χ1n) is 10.0. The molecule has 2 aromatic carbocycles. The van der Waals surface area contributed by atoms with Gasteiger partial charge in [0.1, 0.15) is 17.1 Å². The normalized spacial score (nSPS) is 17.3. The van der Waals surface area contributed by atoms with Crippen LogP contribution >= 0.6 is 0 Å². The Labute approximate surface area is 179 Å². The number of amides is 1. The molecule has 0 bridgehead atoms. The summed E-state index contributed by atoms with van der Waals surface area (Å²) >= 11 is 0. The Balaban J connectivity index is 1.41. The van der Waals surface area contributed by atoms with Crippen LogP contribution < -0.4 is 9.47 Å². The lowest BCUT2D eigenvalue weighted by Gasteiger charge is -2.43. The number of ether oxygens (including phenoxy) is 2. The number of nitro benzene ring substituents is 1. The van der Waals surface area contributed by atoms with Crippen LogP contribution in [0.2, 0.25) is 0 Å². The molecule has 0 atom stereocenters. The predicted molar refractivity (Wildman–Crippen MR) is 113 cm³/mol. The van der Waals surface area contributed by atoms with Crippen molar-refractivity contribution in [2.45, 2.75) is 24.9 Å². The van der Waals surface area contributed by atoms with E-state index in [-0.39, 0.29) is 23.8 Å². The Morgan fingerprint density at radius 2 is 2.00 bits per heavy atom. The number of non-ortho nitro benzene ring substituents is 1. The van der Waals surface area contributed by atoms with Crippen molar-refractivity contribution in [1.82, 2.24) is 4.90 Å². The highest BCUT2D eigenvalue weighted by Gasteiger charge is 2.43. The van der Waals surface area contributed by atoms with Crippen molar-refractivity contribution in [2.75, 3.05) is 20.2 Å². The maximum atomic E-state index is 12.6. The highest BCUT2D eigenvalue weighted by Crippen LogP contribution is 2.40. The smallest absolute Gasteiger partial charge is 0.270 e. The molecular weight excluding hydrogens is 400 g/mol. The van der Waals surface area contributed by atoms with Crippen LogP contribution in [0.5, 0.6) is 11.5 Å². The van der Waals surface area contributed by atoms with Gasteiger partial charge in [-0.2, -0.15) is 0 Å². The molecule has 0 N–H and O–H groups in total. The highest BCUT2D eigenvalue weighted by molar-refractivity contribution is 6.00. The number of hydrogen-bond donors (Lipinski definition) is 0. The maximum absolute atomic E-state index is 12.6. The van der Waals surface area contributed by atoms with Crippen LogP contribution in [0.1, 0.15) is 35.2 Å². The molecule has 2 heterocycles. The van der Waals surface area contributed by atoms with Gasteiger partial charge in [0.05, 0.1) is 24.0 Å². The molecule has 2 aliphatic rings. The van der Waals surface area contributed by atoms with Gasteiger partial charge in [-0.15, -0.1) is 0 Å². The van der Waals surface area contributed by atoms with E-state index in [1.165, 1.54) is 18.2 Å². The lowest BCUT2D eigenvalue weighted by Crippen LogP contribution is -2.52. The Morgan fingerprint density at radius 1 is 1.23 bits per heavy atom. The standard InChI is InChI=1S/C23H22N2O6/c1-30-18-6-7-19-20(26)15-23(31-21(19)14-18)9-11-24(12-10-23)22(27)8-5-16-3-2-4-17(13-16)25(28)29/h2-8,13-14H,9-12,15H2,1H3/b8-5+. The number of methoxy groups -OCH3 is 1. The summed E-state index contributed by atoms with van der Waals surface area (Å²) in [6.07, 6.45) is 4.38. The number of carbonyl (C=O) groups excluding carboxylic acids is 2. The molecule has 0 radical (unpaired) electrons. The van der Waals surface area contributed by atoms with Gasteiger partial charge in [-0.25, -0.2) is 0 Å². The van der Waals surface area contributed by atoms with E-state index in [1.54, 1.807) is 48.4 Å². The number of benzene rings is 2. The second kappa shape index (κ2) is 8.22. The zero-order chi connectivity index (χ0) is 22.0. The average Bonchev–Trinajstić information content (AvgIpc) is 2.77. The molecule has 8 heteroatoms. The van der Waals surface area contributed by atoms with Crippen molar-refractivity contribution in [1.29, 1.82) is 0 Å². The average molecular weight is 422 g/mol. The summed E-state index contributed by atoms with van der Waals surface area (Å²) in [4.78, 5) is 37.4. The van der Waals surface area contributed by atoms with Crippen LogP contribution in [-0.4, -0.2) is 47.3 Å². The molecule has 2 aliphatic heterocycles. The Bertz CT molecular complexity index is 1070. The lowest BCUT2D eigenvalue weighted by molar-refractivity contribution is -0.384. The van der Waals surface area contributed by atoms with Gasteiger partial charge in [0, 0.05) is 50.2 Å². The number of nitro groups is 1. The van der Waals surface area contributed by atoms with Crippen LogP contribution in [-0.2, 0) is 4.79 Å². The zero-order valence-corrected chi connectivity index (χ0v) is 17.1. The minimum atomic E-state index is -0.614. The van der Waals surface area contributed by atoms with E-state index in [0.717, 1.165) is 0 Å². The predicted octanol–water partition coefficient (Wildman–Crippen LogP) is 3.64. The number of hydrogen-bond acceptors (Lipinski definition) is 6. The van der Waals surface area contributed by atoms with E-state index < -0.39 is 10.5 Å². The Hall–Kier alpha value is -3.68. The molecule has 1 saturated heterocycles. The Morgan fingerprint density at radius 3 is 2.71 bits per heavy atom. The quantitative estimate of drug-likeness (QED) is 0.424. The van der Waals surface area contributed by atoms with Crippen LogP contribution in [0.3, 0.4) is 0 Å². The van der Waals surface area contributed by atoms with E-state index in [9.17, 15) is 19.7 Å². The second-order valence-electron chi connectivity index (χ2n) is 7.76. The van der Waals surface area contributed by atoms with Crippen LogP contribution in [0.15, 0.2) is 48.5 Å². The van der Waals surface area contributed by atoms with Gasteiger partial charge in [0.15, 0.2) is 5.78 Å². The third-order valence-corrected chi connectivity index (χ3v) is 5.78. The van der Waals surface area contributed by atoms with E-state index in [0.29, 0.717) is 48.6 Å². The first kappa shape index (κ1) is 20.6. The van der Waals surface area contributed by atoms with Gasteiger partial charge in [0.25, 0.3) is 5.69 Å². The Kier molecular flexibility index (Phi) is 5.46.